The average Bonchev–Trinajstić information content (AvgIpc) is 2.38. The Balaban J connectivity index is 2.96. The summed E-state index contributed by atoms with van der Waals surface area (Å²) in [5, 5.41) is 11.9. The smallest absolute Gasteiger partial charge is 0.161 e. The number of methoxy groups -OCH3 is 1. The quantitative estimate of drug-likeness (QED) is 0.820. The van der Waals surface area contributed by atoms with Gasteiger partial charge in [0.25, 0.3) is 0 Å². The molecule has 1 aromatic carbocycles. The molecule has 1 unspecified atom stereocenters. The molecule has 0 radical (unpaired) electrons. The highest BCUT2D eigenvalue weighted by molar-refractivity contribution is 5.44. The van der Waals surface area contributed by atoms with E-state index in [1.807, 2.05) is 25.1 Å². The maximum absolute atomic E-state index is 8.97. The molecule has 0 aliphatic heterocycles. The van der Waals surface area contributed by atoms with Crippen molar-refractivity contribution in [1.82, 2.24) is 5.32 Å². The Morgan fingerprint density at radius 3 is 2.71 bits per heavy atom. The van der Waals surface area contributed by atoms with Gasteiger partial charge in [-0.3, -0.25) is 0 Å². The average molecular weight is 234 g/mol. The largest absolute Gasteiger partial charge is 0.493 e. The molecular weight excluding hydrogens is 216 g/mol. The second kappa shape index (κ2) is 6.77. The lowest BCUT2D eigenvalue weighted by Crippen LogP contribution is -2.14. The summed E-state index contributed by atoms with van der Waals surface area (Å²) < 4.78 is 10.8. The number of nitriles is 1. The summed E-state index contributed by atoms with van der Waals surface area (Å²) in [6.45, 7) is 2.71. The van der Waals surface area contributed by atoms with Gasteiger partial charge in [-0.2, -0.15) is 5.26 Å². The minimum absolute atomic E-state index is 0.330. The fourth-order valence-corrected chi connectivity index (χ4v) is 1.50. The highest BCUT2D eigenvalue weighted by atomic mass is 16.5. The summed E-state index contributed by atoms with van der Waals surface area (Å²) >= 11 is 0. The van der Waals surface area contributed by atoms with Crippen LogP contribution in [0.15, 0.2) is 18.2 Å². The summed E-state index contributed by atoms with van der Waals surface area (Å²) in [5.74, 6) is 1.37. The first kappa shape index (κ1) is 13.3. The van der Waals surface area contributed by atoms with Crippen LogP contribution in [0.2, 0.25) is 0 Å². The predicted molar refractivity (Wildman–Crippen MR) is 66.2 cm³/mol. The summed E-state index contributed by atoms with van der Waals surface area (Å²) in [4.78, 5) is 0. The van der Waals surface area contributed by atoms with Crippen molar-refractivity contribution in [1.29, 1.82) is 5.26 Å². The topological polar surface area (TPSA) is 54.3 Å². The summed E-state index contributed by atoms with van der Waals surface area (Å²) in [6, 6.07) is 7.39. The molecule has 0 saturated heterocycles. The van der Waals surface area contributed by atoms with Gasteiger partial charge >= 0.3 is 0 Å². The maximum atomic E-state index is 8.97. The lowest BCUT2D eigenvalue weighted by atomic mass is 10.1. The molecule has 4 heteroatoms. The van der Waals surface area contributed by atoms with Crippen molar-refractivity contribution in [3.8, 4) is 17.6 Å². The van der Waals surface area contributed by atoms with E-state index in [0.717, 1.165) is 12.0 Å². The van der Waals surface area contributed by atoms with Crippen LogP contribution in [0.3, 0.4) is 0 Å². The first-order valence-corrected chi connectivity index (χ1v) is 5.64. The molecule has 0 aliphatic carbocycles. The maximum Gasteiger partial charge on any atom is 0.161 e. The molecule has 0 amide bonds. The molecule has 1 N–H and O–H groups in total. The van der Waals surface area contributed by atoms with Crippen LogP contribution in [-0.4, -0.2) is 20.8 Å². The highest BCUT2D eigenvalue weighted by Crippen LogP contribution is 2.30. The van der Waals surface area contributed by atoms with Crippen molar-refractivity contribution in [2.24, 2.45) is 0 Å². The van der Waals surface area contributed by atoms with Crippen molar-refractivity contribution in [3.05, 3.63) is 23.8 Å². The van der Waals surface area contributed by atoms with Crippen LogP contribution in [0.4, 0.5) is 0 Å². The van der Waals surface area contributed by atoms with Gasteiger partial charge in [-0.05, 0) is 31.2 Å². The first-order chi connectivity index (χ1) is 8.26. The van der Waals surface area contributed by atoms with Gasteiger partial charge in [-0.15, -0.1) is 0 Å². The zero-order chi connectivity index (χ0) is 12.7. The molecule has 1 rings (SSSR count). The SMILES string of the molecule is CCCOc1ccc(C(C#N)NC)cc1OC. The van der Waals surface area contributed by atoms with Crippen molar-refractivity contribution in [2.45, 2.75) is 19.4 Å². The molecule has 0 aromatic heterocycles. The van der Waals surface area contributed by atoms with Gasteiger partial charge in [-0.25, -0.2) is 0 Å². The van der Waals surface area contributed by atoms with E-state index in [1.165, 1.54) is 0 Å². The predicted octanol–water partition coefficient (Wildman–Crippen LogP) is 2.27. The highest BCUT2D eigenvalue weighted by Gasteiger charge is 2.11. The summed E-state index contributed by atoms with van der Waals surface area (Å²) in [6.07, 6.45) is 0.947. The monoisotopic (exact) mass is 234 g/mol. The molecule has 0 fully saturated rings. The Hall–Kier alpha value is -1.73. The van der Waals surface area contributed by atoms with E-state index in [0.29, 0.717) is 18.1 Å². The second-order valence-corrected chi connectivity index (χ2v) is 3.61. The number of hydrogen-bond acceptors (Lipinski definition) is 4. The molecule has 0 aliphatic rings. The third kappa shape index (κ3) is 3.36. The number of benzene rings is 1. The Kier molecular flexibility index (Phi) is 5.31. The summed E-state index contributed by atoms with van der Waals surface area (Å²) in [7, 11) is 3.35. The van der Waals surface area contributed by atoms with E-state index in [1.54, 1.807) is 14.2 Å². The van der Waals surface area contributed by atoms with E-state index in [-0.39, 0.29) is 6.04 Å². The lowest BCUT2D eigenvalue weighted by Gasteiger charge is -2.13. The first-order valence-electron chi connectivity index (χ1n) is 5.64. The number of nitrogens with one attached hydrogen (secondary N) is 1. The minimum atomic E-state index is -0.330. The van der Waals surface area contributed by atoms with E-state index >= 15 is 0 Å². The molecule has 1 atom stereocenters. The van der Waals surface area contributed by atoms with Gasteiger partial charge in [-0.1, -0.05) is 13.0 Å². The van der Waals surface area contributed by atoms with E-state index < -0.39 is 0 Å². The number of nitrogens with zero attached hydrogens (tertiary/aromatic N) is 1. The fraction of sp³-hybridized carbons (Fsp3) is 0.462. The number of hydrogen-bond donors (Lipinski definition) is 1. The van der Waals surface area contributed by atoms with Gasteiger partial charge in [0.1, 0.15) is 6.04 Å². The second-order valence-electron chi connectivity index (χ2n) is 3.61. The molecular formula is C13H18N2O2. The van der Waals surface area contributed by atoms with Gasteiger partial charge in [0, 0.05) is 0 Å². The third-order valence-electron chi connectivity index (χ3n) is 2.40. The standard InChI is InChI=1S/C13H18N2O2/c1-4-7-17-12-6-5-10(8-13(12)16-3)11(9-14)15-2/h5-6,8,11,15H,4,7H2,1-3H3. The van der Waals surface area contributed by atoms with Gasteiger partial charge in [0.05, 0.1) is 19.8 Å². The zero-order valence-corrected chi connectivity index (χ0v) is 10.5. The molecule has 17 heavy (non-hydrogen) atoms. The van der Waals surface area contributed by atoms with E-state index in [2.05, 4.69) is 11.4 Å². The molecule has 0 saturated carbocycles. The Bertz CT molecular complexity index is 399. The molecule has 0 spiro atoms. The molecule has 0 bridgehead atoms. The molecule has 0 heterocycles. The molecule has 4 nitrogen and oxygen atoms in total. The Labute approximate surface area is 102 Å². The van der Waals surface area contributed by atoms with Crippen LogP contribution in [0.1, 0.15) is 24.9 Å². The number of ether oxygens (including phenoxy) is 2. The van der Waals surface area contributed by atoms with Gasteiger partial charge < -0.3 is 14.8 Å². The van der Waals surface area contributed by atoms with E-state index in [9.17, 15) is 0 Å². The fourth-order valence-electron chi connectivity index (χ4n) is 1.50. The normalized spacial score (nSPS) is 11.6. The minimum Gasteiger partial charge on any atom is -0.493 e. The van der Waals surface area contributed by atoms with Crippen LogP contribution >= 0.6 is 0 Å². The van der Waals surface area contributed by atoms with Crippen LogP contribution in [-0.2, 0) is 0 Å². The Morgan fingerprint density at radius 1 is 1.41 bits per heavy atom. The molecule has 1 aromatic rings. The van der Waals surface area contributed by atoms with Gasteiger partial charge in [0.2, 0.25) is 0 Å². The number of rotatable bonds is 6. The van der Waals surface area contributed by atoms with Gasteiger partial charge in [0.15, 0.2) is 11.5 Å². The van der Waals surface area contributed by atoms with Crippen molar-refractivity contribution in [2.75, 3.05) is 20.8 Å². The van der Waals surface area contributed by atoms with Crippen LogP contribution in [0.5, 0.6) is 11.5 Å². The van der Waals surface area contributed by atoms with Crippen molar-refractivity contribution >= 4 is 0 Å². The van der Waals surface area contributed by atoms with Crippen LogP contribution in [0, 0.1) is 11.3 Å². The van der Waals surface area contributed by atoms with Crippen molar-refractivity contribution < 1.29 is 9.47 Å². The van der Waals surface area contributed by atoms with Crippen molar-refractivity contribution in [3.63, 3.8) is 0 Å². The summed E-state index contributed by atoms with van der Waals surface area (Å²) in [5.41, 5.74) is 0.871. The third-order valence-corrected chi connectivity index (χ3v) is 2.40. The lowest BCUT2D eigenvalue weighted by molar-refractivity contribution is 0.294. The van der Waals surface area contributed by atoms with Crippen LogP contribution in [0.25, 0.3) is 0 Å². The van der Waals surface area contributed by atoms with E-state index in [4.69, 9.17) is 14.7 Å². The molecule has 92 valence electrons. The van der Waals surface area contributed by atoms with Crippen LogP contribution < -0.4 is 14.8 Å². The zero-order valence-electron chi connectivity index (χ0n) is 10.5. The Morgan fingerprint density at radius 2 is 2.18 bits per heavy atom.